The second-order valence-corrected chi connectivity index (χ2v) is 35.4. The summed E-state index contributed by atoms with van der Waals surface area (Å²) in [6, 6.07) is 142. The Morgan fingerprint density at radius 2 is 0.516 bits per heavy atom. The summed E-state index contributed by atoms with van der Waals surface area (Å²) in [5.74, 6) is 0. The first-order valence-corrected chi connectivity index (χ1v) is 43.5. The Balaban J connectivity index is 0.965. The molecule has 0 N–H and O–H groups in total. The maximum absolute atomic E-state index is 10.1. The quantitative estimate of drug-likeness (QED) is 0.0948. The number of nitrogens with zero attached hydrogens (tertiary/aromatic N) is 3. The number of anilines is 6. The largest absolute Gasteiger partial charge is 0.310 e. The van der Waals surface area contributed by atoms with Crippen molar-refractivity contribution in [2.24, 2.45) is 0 Å². The van der Waals surface area contributed by atoms with Crippen LogP contribution >= 0.6 is 0 Å². The van der Waals surface area contributed by atoms with Gasteiger partial charge in [-0.05, 0) is 265 Å². The Hall–Kier alpha value is -15.4. The smallest absolute Gasteiger partial charge is 0.252 e. The number of hydrogen-bond donors (Lipinski definition) is 0. The van der Waals surface area contributed by atoms with Crippen LogP contribution in [0.4, 0.5) is 34.1 Å². The highest BCUT2D eigenvalue weighted by Gasteiger charge is 2.47. The maximum Gasteiger partial charge on any atom is 0.252 e. The fourth-order valence-electron chi connectivity index (χ4n) is 19.1. The predicted octanol–water partition coefficient (Wildman–Crippen LogP) is 31.5. The van der Waals surface area contributed by atoms with Crippen molar-refractivity contribution in [1.29, 1.82) is 0 Å². The van der Waals surface area contributed by atoms with Crippen molar-refractivity contribution in [3.8, 4) is 139 Å². The van der Waals surface area contributed by atoms with E-state index in [9.17, 15) is 11.0 Å². The van der Waals surface area contributed by atoms with Gasteiger partial charge in [-0.3, -0.25) is 0 Å². The SMILES string of the molecule is [2H]c1c([2H])c([2H])c2c(c1[2H])c1c([2H])c([2H])c([2H])c([2H])c1n2-c1ccc2c(c1)N(c1c(-c3ccccc3)cc(C(C)(C)C)cc1-c1ccccc1)c1cc(-c3cc(-c4ccccc4)cc(-c4ccccc4)c3)cc3c1B2c1cc(-c2cc(-c4ccccc4)cc(-c4ccccc4)c2)ccc1N3c1c(-c2cccc(-c3ccccc3)c2)cc(C(C)(C)C)cc1-c1cccc(-c2ccccc2)c1. The van der Waals surface area contributed by atoms with E-state index in [4.69, 9.17) is 0 Å². The van der Waals surface area contributed by atoms with E-state index in [-0.39, 0.29) is 39.3 Å². The van der Waals surface area contributed by atoms with Gasteiger partial charge in [-0.25, -0.2) is 0 Å². The third-order valence-corrected chi connectivity index (χ3v) is 25.4. The zero-order valence-electron chi connectivity index (χ0n) is 79.0. The highest BCUT2D eigenvalue weighted by Crippen LogP contribution is 2.57. The van der Waals surface area contributed by atoms with Gasteiger partial charge >= 0.3 is 0 Å². The third kappa shape index (κ3) is 13.9. The van der Waals surface area contributed by atoms with Crippen molar-refractivity contribution in [3.63, 3.8) is 0 Å². The number of fused-ring (bicyclic) bond motifs is 7. The summed E-state index contributed by atoms with van der Waals surface area (Å²) in [5.41, 5.74) is 34.4. The van der Waals surface area contributed by atoms with E-state index in [0.717, 1.165) is 189 Å². The molecule has 2 aliphatic rings. The van der Waals surface area contributed by atoms with Crippen LogP contribution in [0.2, 0.25) is 0 Å². The van der Waals surface area contributed by atoms with Crippen LogP contribution in [0.3, 0.4) is 0 Å². The van der Waals surface area contributed by atoms with Crippen LogP contribution in [0, 0.1) is 0 Å². The van der Waals surface area contributed by atoms with Gasteiger partial charge in [0.1, 0.15) is 0 Å². The van der Waals surface area contributed by atoms with Gasteiger partial charge in [-0.2, -0.15) is 0 Å². The van der Waals surface area contributed by atoms with E-state index in [1.807, 2.05) is 6.07 Å². The molecule has 0 amide bonds. The first-order valence-electron chi connectivity index (χ1n) is 47.5. The molecular weight excluding hydrogens is 1520 g/mol. The summed E-state index contributed by atoms with van der Waals surface area (Å²) in [5, 5.41) is -0.0208. The van der Waals surface area contributed by atoms with Gasteiger partial charge in [0, 0.05) is 61.5 Å². The molecule has 0 fully saturated rings. The van der Waals surface area contributed by atoms with Gasteiger partial charge in [0.05, 0.1) is 33.4 Å². The van der Waals surface area contributed by atoms with Crippen LogP contribution < -0.4 is 26.2 Å². The molecule has 4 heteroatoms. The molecule has 3 nitrogen and oxygen atoms in total. The third-order valence-electron chi connectivity index (χ3n) is 25.4. The minimum Gasteiger partial charge on any atom is -0.310 e. The van der Waals surface area contributed by atoms with E-state index in [2.05, 4.69) is 446 Å². The number of hydrogen-bond acceptors (Lipinski definition) is 2. The summed E-state index contributed by atoms with van der Waals surface area (Å²) >= 11 is 0. The summed E-state index contributed by atoms with van der Waals surface area (Å²) < 4.78 is 79.3. The van der Waals surface area contributed by atoms with Crippen molar-refractivity contribution in [1.82, 2.24) is 4.57 Å². The van der Waals surface area contributed by atoms with Gasteiger partial charge in [0.25, 0.3) is 6.71 Å². The van der Waals surface area contributed by atoms with Gasteiger partial charge in [-0.15, -0.1) is 0 Å². The summed E-state index contributed by atoms with van der Waals surface area (Å²) in [4.78, 5) is 5.12. The molecule has 598 valence electrons. The topological polar surface area (TPSA) is 11.4 Å². The maximum atomic E-state index is 10.1. The van der Waals surface area contributed by atoms with E-state index in [1.54, 1.807) is 4.57 Å². The van der Waals surface area contributed by atoms with Crippen LogP contribution in [0.1, 0.15) is 63.6 Å². The van der Waals surface area contributed by atoms with Crippen LogP contribution in [0.25, 0.3) is 161 Å². The van der Waals surface area contributed by atoms with Crippen molar-refractivity contribution in [2.45, 2.75) is 52.4 Å². The molecule has 19 aromatic carbocycles. The molecule has 0 unspecified atom stereocenters. The Labute approximate surface area is 751 Å². The summed E-state index contributed by atoms with van der Waals surface area (Å²) in [7, 11) is 0. The van der Waals surface area contributed by atoms with Crippen molar-refractivity contribution in [3.05, 3.63) is 460 Å². The molecule has 0 bridgehead atoms. The molecule has 20 aromatic rings. The molecule has 0 spiro atoms. The van der Waals surface area contributed by atoms with Crippen LogP contribution in [-0.2, 0) is 10.8 Å². The zero-order valence-corrected chi connectivity index (χ0v) is 71.0. The molecule has 126 heavy (non-hydrogen) atoms. The van der Waals surface area contributed by atoms with Gasteiger partial charge in [0.2, 0.25) is 0 Å². The zero-order chi connectivity index (χ0) is 91.7. The lowest BCUT2D eigenvalue weighted by atomic mass is 9.33. The number of rotatable bonds is 15. The highest BCUT2D eigenvalue weighted by molar-refractivity contribution is 7.00. The lowest BCUT2D eigenvalue weighted by Crippen LogP contribution is -2.61. The van der Waals surface area contributed by atoms with Crippen LogP contribution in [0.5, 0.6) is 0 Å². The average molecular weight is 1620 g/mol. The normalized spacial score (nSPS) is 13.2. The summed E-state index contributed by atoms with van der Waals surface area (Å²) in [6.07, 6.45) is 0. The van der Waals surface area contributed by atoms with E-state index in [0.29, 0.717) is 11.4 Å². The lowest BCUT2D eigenvalue weighted by molar-refractivity contribution is 0.590. The van der Waals surface area contributed by atoms with Crippen LogP contribution in [-0.4, -0.2) is 11.3 Å². The Morgan fingerprint density at radius 3 is 0.897 bits per heavy atom. The molecule has 22 rings (SSSR count). The average Bonchev–Trinajstić information content (AvgIpc) is 0.915. The lowest BCUT2D eigenvalue weighted by Gasteiger charge is -2.46. The van der Waals surface area contributed by atoms with Crippen LogP contribution in [0.15, 0.2) is 449 Å². The van der Waals surface area contributed by atoms with E-state index < -0.39 is 48.4 Å². The molecule has 0 radical (unpaired) electrons. The fourth-order valence-corrected chi connectivity index (χ4v) is 19.1. The molecule has 0 saturated heterocycles. The Bertz CT molecular complexity index is 7720. The van der Waals surface area contributed by atoms with Crippen molar-refractivity contribution >= 4 is 79.0 Å². The number of aromatic nitrogens is 1. The molecule has 0 saturated carbocycles. The Morgan fingerprint density at radius 1 is 0.222 bits per heavy atom. The fraction of sp³-hybridized carbons (Fsp3) is 0.0656. The highest BCUT2D eigenvalue weighted by atomic mass is 15.2. The second kappa shape index (κ2) is 31.5. The first-order chi connectivity index (χ1) is 65.1. The molecular formula is C122H92BN3. The van der Waals surface area contributed by atoms with Crippen molar-refractivity contribution < 1.29 is 11.0 Å². The molecule has 3 heterocycles. The van der Waals surface area contributed by atoms with E-state index >= 15 is 0 Å². The Kier molecular flexibility index (Phi) is 17.1. The number of benzene rings is 19. The van der Waals surface area contributed by atoms with Gasteiger partial charge < -0.3 is 14.4 Å². The van der Waals surface area contributed by atoms with Crippen molar-refractivity contribution in [2.75, 3.05) is 9.80 Å². The minimum absolute atomic E-state index is 0.0104. The molecule has 2 aliphatic heterocycles. The molecule has 1 aromatic heterocycles. The first kappa shape index (κ1) is 68.2. The number of para-hydroxylation sites is 2. The minimum atomic E-state index is -0.646. The predicted molar refractivity (Wildman–Crippen MR) is 537 cm³/mol. The molecule has 0 aliphatic carbocycles. The van der Waals surface area contributed by atoms with Gasteiger partial charge in [-0.1, -0.05) is 375 Å². The molecule has 0 atom stereocenters. The van der Waals surface area contributed by atoms with E-state index in [1.165, 1.54) is 0 Å². The standard InChI is InChI=1S/C122H92BN3/c1-121(2,3)101-76-106(87-49-27-13-28-50-87)119(107(77-101)88-51-29-14-30-52-88)126-115-80-103(124-112-59-33-31-57-104(112)105-58-32-34-60-113(105)124)62-63-110(115)123-111-73-91(98-69-94(83-41-19-9-20-42-83)67-95(70-98)84-43-21-10-22-44-84)61-64-114(111)125(116-74-100(75-117(126)118(116)123)99-71-96(85-45-23-11-24-46-85)68-97(72-99)86-47-25-12-26-48-86)120-108(92-55-35-53-89(65-92)81-37-15-7-16-38-81)78-102(122(4,5)6)79-109(120)93-56-36-54-90(66-93)82-39-17-8-18-40-82/h7-80H,1-6H3/i31D,32D,33D,34D,57D,58D,59D,60D. The second-order valence-electron chi connectivity index (χ2n) is 35.4. The van der Waals surface area contributed by atoms with Gasteiger partial charge in [0.15, 0.2) is 0 Å². The summed E-state index contributed by atoms with van der Waals surface area (Å²) in [6.45, 7) is 13.1. The monoisotopic (exact) mass is 1620 g/mol.